The van der Waals surface area contributed by atoms with Crippen LogP contribution in [-0.4, -0.2) is 43.5 Å². The number of halogens is 2. The lowest BCUT2D eigenvalue weighted by molar-refractivity contribution is 0.0820. The molecule has 0 saturated heterocycles. The normalized spacial score (nSPS) is 14.2. The second-order valence-corrected chi connectivity index (χ2v) is 4.43. The number of rotatable bonds is 8. The molecule has 4 heteroatoms. The lowest BCUT2D eigenvalue weighted by Crippen LogP contribution is -2.34. The molecule has 0 fully saturated rings. The Hall–Kier alpha value is -0.220. The maximum atomic E-state index is 12.1. The van der Waals surface area contributed by atoms with Crippen molar-refractivity contribution in [3.8, 4) is 0 Å². The Balaban J connectivity index is 3.51. The average molecular weight is 222 g/mol. The van der Waals surface area contributed by atoms with Gasteiger partial charge in [0.05, 0.1) is 6.54 Å². The molecule has 1 atom stereocenters. The van der Waals surface area contributed by atoms with Gasteiger partial charge in [0.2, 0.25) is 0 Å². The van der Waals surface area contributed by atoms with Crippen molar-refractivity contribution in [2.45, 2.75) is 52.1 Å². The highest BCUT2D eigenvalue weighted by atomic mass is 19.3. The molecule has 1 N–H and O–H groups in total. The lowest BCUT2D eigenvalue weighted by atomic mass is 10.1. The predicted octanol–water partition coefficient (Wildman–Crippen LogP) is 2.35. The van der Waals surface area contributed by atoms with Gasteiger partial charge in [-0.1, -0.05) is 13.8 Å². The Labute approximate surface area is 92.0 Å². The molecule has 2 nitrogen and oxygen atoms in total. The summed E-state index contributed by atoms with van der Waals surface area (Å²) in [6.45, 7) is 7.04. The third-order valence-corrected chi connectivity index (χ3v) is 2.53. The molecule has 0 aliphatic heterocycles. The smallest absolute Gasteiger partial charge is 0.251 e. The Bertz CT molecular complexity index is 152. The Morgan fingerprint density at radius 3 is 2.27 bits per heavy atom. The standard InChI is InChI=1S/C11H24F2N2/c1-9(2)14-7-5-6-10(3)15(4)8-11(12)13/h9-11,14H,5-8H2,1-4H3. The van der Waals surface area contributed by atoms with Crippen LogP contribution in [-0.2, 0) is 0 Å². The third kappa shape index (κ3) is 8.75. The summed E-state index contributed by atoms with van der Waals surface area (Å²) in [5.41, 5.74) is 0. The molecule has 0 saturated carbocycles. The fourth-order valence-corrected chi connectivity index (χ4v) is 1.41. The van der Waals surface area contributed by atoms with Crippen LogP contribution in [0.4, 0.5) is 8.78 Å². The van der Waals surface area contributed by atoms with Gasteiger partial charge >= 0.3 is 0 Å². The zero-order valence-electron chi connectivity index (χ0n) is 10.3. The molecule has 15 heavy (non-hydrogen) atoms. The summed E-state index contributed by atoms with van der Waals surface area (Å²) in [6, 6.07) is 0.729. The van der Waals surface area contributed by atoms with Gasteiger partial charge in [0.1, 0.15) is 0 Å². The summed E-state index contributed by atoms with van der Waals surface area (Å²) in [6.07, 6.45) is -0.234. The number of hydrogen-bond donors (Lipinski definition) is 1. The molecule has 1 unspecified atom stereocenters. The van der Waals surface area contributed by atoms with Gasteiger partial charge in [0.25, 0.3) is 6.43 Å². The van der Waals surface area contributed by atoms with Crippen LogP contribution in [0.25, 0.3) is 0 Å². The minimum Gasteiger partial charge on any atom is -0.315 e. The molecular weight excluding hydrogens is 198 g/mol. The maximum absolute atomic E-state index is 12.1. The highest BCUT2D eigenvalue weighted by molar-refractivity contribution is 4.65. The summed E-state index contributed by atoms with van der Waals surface area (Å²) in [7, 11) is 1.76. The summed E-state index contributed by atoms with van der Waals surface area (Å²) < 4.78 is 24.2. The first-order valence-corrected chi connectivity index (χ1v) is 5.65. The monoisotopic (exact) mass is 222 g/mol. The molecule has 0 aliphatic rings. The van der Waals surface area contributed by atoms with E-state index in [9.17, 15) is 8.78 Å². The van der Waals surface area contributed by atoms with E-state index in [2.05, 4.69) is 19.2 Å². The molecule has 0 aliphatic carbocycles. The summed E-state index contributed by atoms with van der Waals surface area (Å²) in [5, 5.41) is 3.31. The number of nitrogens with one attached hydrogen (secondary N) is 1. The number of hydrogen-bond acceptors (Lipinski definition) is 2. The summed E-state index contributed by atoms with van der Waals surface area (Å²) in [5.74, 6) is 0. The van der Waals surface area contributed by atoms with E-state index < -0.39 is 6.43 Å². The van der Waals surface area contributed by atoms with E-state index in [-0.39, 0.29) is 12.6 Å². The molecule has 0 heterocycles. The topological polar surface area (TPSA) is 15.3 Å². The van der Waals surface area contributed by atoms with Crippen molar-refractivity contribution in [3.05, 3.63) is 0 Å². The third-order valence-electron chi connectivity index (χ3n) is 2.53. The lowest BCUT2D eigenvalue weighted by Gasteiger charge is -2.24. The molecule has 92 valence electrons. The van der Waals surface area contributed by atoms with Crippen molar-refractivity contribution in [1.29, 1.82) is 0 Å². The largest absolute Gasteiger partial charge is 0.315 e. The second-order valence-electron chi connectivity index (χ2n) is 4.43. The van der Waals surface area contributed by atoms with Crippen LogP contribution in [0.5, 0.6) is 0 Å². The molecule has 0 amide bonds. The first-order chi connectivity index (χ1) is 6.93. The van der Waals surface area contributed by atoms with Gasteiger partial charge in [0.15, 0.2) is 0 Å². The molecule has 0 spiro atoms. The predicted molar refractivity (Wildman–Crippen MR) is 60.5 cm³/mol. The quantitative estimate of drug-likeness (QED) is 0.634. The Morgan fingerprint density at radius 2 is 1.80 bits per heavy atom. The fourth-order valence-electron chi connectivity index (χ4n) is 1.41. The van der Waals surface area contributed by atoms with Gasteiger partial charge in [0, 0.05) is 12.1 Å². The van der Waals surface area contributed by atoms with Gasteiger partial charge in [-0.3, -0.25) is 4.90 Å². The second kappa shape index (κ2) is 7.99. The summed E-state index contributed by atoms with van der Waals surface area (Å²) in [4.78, 5) is 1.72. The van der Waals surface area contributed by atoms with Gasteiger partial charge in [-0.2, -0.15) is 0 Å². The van der Waals surface area contributed by atoms with Crippen LogP contribution >= 0.6 is 0 Å². The molecule has 0 aromatic carbocycles. The first kappa shape index (κ1) is 14.8. The van der Waals surface area contributed by atoms with Crippen molar-refractivity contribution >= 4 is 0 Å². The molecule has 0 rings (SSSR count). The van der Waals surface area contributed by atoms with Crippen molar-refractivity contribution in [1.82, 2.24) is 10.2 Å². The average Bonchev–Trinajstić information content (AvgIpc) is 2.10. The zero-order chi connectivity index (χ0) is 11.8. The minimum atomic E-state index is -2.23. The van der Waals surface area contributed by atoms with Crippen LogP contribution in [0, 0.1) is 0 Å². The van der Waals surface area contributed by atoms with Crippen molar-refractivity contribution in [3.63, 3.8) is 0 Å². The van der Waals surface area contributed by atoms with E-state index in [4.69, 9.17) is 0 Å². The Morgan fingerprint density at radius 1 is 1.20 bits per heavy atom. The Kier molecular flexibility index (Phi) is 7.88. The number of alkyl halides is 2. The van der Waals surface area contributed by atoms with E-state index in [0.717, 1.165) is 19.4 Å². The highest BCUT2D eigenvalue weighted by Gasteiger charge is 2.13. The molecular formula is C11H24F2N2. The zero-order valence-corrected chi connectivity index (χ0v) is 10.3. The van der Waals surface area contributed by atoms with E-state index in [1.165, 1.54) is 0 Å². The van der Waals surface area contributed by atoms with Gasteiger partial charge < -0.3 is 5.32 Å². The molecule has 0 radical (unpaired) electrons. The maximum Gasteiger partial charge on any atom is 0.251 e. The van der Waals surface area contributed by atoms with Gasteiger partial charge in [-0.05, 0) is 33.4 Å². The highest BCUT2D eigenvalue weighted by Crippen LogP contribution is 2.06. The van der Waals surface area contributed by atoms with Crippen LogP contribution in [0.2, 0.25) is 0 Å². The van der Waals surface area contributed by atoms with Crippen LogP contribution in [0.3, 0.4) is 0 Å². The van der Waals surface area contributed by atoms with Gasteiger partial charge in [-0.15, -0.1) is 0 Å². The van der Waals surface area contributed by atoms with Crippen molar-refractivity contribution in [2.75, 3.05) is 20.1 Å². The first-order valence-electron chi connectivity index (χ1n) is 5.65. The van der Waals surface area contributed by atoms with E-state index in [0.29, 0.717) is 6.04 Å². The SMILES string of the molecule is CC(C)NCCCC(C)N(C)CC(F)F. The van der Waals surface area contributed by atoms with Crippen molar-refractivity contribution < 1.29 is 8.78 Å². The number of nitrogens with zero attached hydrogens (tertiary/aromatic N) is 1. The molecule has 0 bridgehead atoms. The molecule has 0 aromatic heterocycles. The minimum absolute atomic E-state index is 0.126. The molecule has 0 aromatic rings. The van der Waals surface area contributed by atoms with Crippen LogP contribution in [0.15, 0.2) is 0 Å². The van der Waals surface area contributed by atoms with Crippen LogP contribution in [0.1, 0.15) is 33.6 Å². The van der Waals surface area contributed by atoms with Crippen LogP contribution < -0.4 is 5.32 Å². The van der Waals surface area contributed by atoms with E-state index in [1.54, 1.807) is 11.9 Å². The summed E-state index contributed by atoms with van der Waals surface area (Å²) >= 11 is 0. The van der Waals surface area contributed by atoms with E-state index >= 15 is 0 Å². The fraction of sp³-hybridized carbons (Fsp3) is 1.00. The van der Waals surface area contributed by atoms with E-state index in [1.807, 2.05) is 6.92 Å². The van der Waals surface area contributed by atoms with Gasteiger partial charge in [-0.25, -0.2) is 8.78 Å². The van der Waals surface area contributed by atoms with Crippen molar-refractivity contribution in [2.24, 2.45) is 0 Å².